The number of halogens is 3. The summed E-state index contributed by atoms with van der Waals surface area (Å²) in [6, 6.07) is 8.99. The first-order valence-corrected chi connectivity index (χ1v) is 9.21. The monoisotopic (exact) mass is 423 g/mol. The molecular formula is C19H16Cl3N3O2. The minimum atomic E-state index is -0.792. The van der Waals surface area contributed by atoms with Crippen LogP contribution in [0, 0.1) is 6.92 Å². The van der Waals surface area contributed by atoms with Crippen molar-refractivity contribution in [1.82, 2.24) is 10.6 Å². The van der Waals surface area contributed by atoms with Gasteiger partial charge < -0.3 is 16.0 Å². The average Bonchev–Trinajstić information content (AvgIpc) is 2.57. The number of allylic oxidation sites excluding steroid dienone is 1. The number of anilines is 1. The van der Waals surface area contributed by atoms with Crippen LogP contribution in [0.1, 0.15) is 24.1 Å². The van der Waals surface area contributed by atoms with Crippen LogP contribution < -0.4 is 16.0 Å². The van der Waals surface area contributed by atoms with Crippen LogP contribution in [0.5, 0.6) is 0 Å². The Morgan fingerprint density at radius 3 is 2.41 bits per heavy atom. The largest absolute Gasteiger partial charge is 0.327 e. The van der Waals surface area contributed by atoms with Gasteiger partial charge >= 0.3 is 6.03 Å². The van der Waals surface area contributed by atoms with Gasteiger partial charge in [0.15, 0.2) is 0 Å². The van der Waals surface area contributed by atoms with Crippen LogP contribution in [0.15, 0.2) is 47.7 Å². The fourth-order valence-corrected chi connectivity index (χ4v) is 3.70. The van der Waals surface area contributed by atoms with E-state index in [4.69, 9.17) is 34.8 Å². The topological polar surface area (TPSA) is 70.2 Å². The lowest BCUT2D eigenvalue weighted by Gasteiger charge is -2.30. The molecule has 8 heteroatoms. The second kappa shape index (κ2) is 7.80. The Balaban J connectivity index is 2.04. The van der Waals surface area contributed by atoms with Crippen molar-refractivity contribution in [1.29, 1.82) is 0 Å². The number of hydrogen-bond donors (Lipinski definition) is 3. The molecule has 0 fully saturated rings. The Hall–Kier alpha value is -2.21. The number of rotatable bonds is 3. The van der Waals surface area contributed by atoms with Gasteiger partial charge in [0.25, 0.3) is 5.91 Å². The van der Waals surface area contributed by atoms with Crippen LogP contribution in [-0.2, 0) is 4.79 Å². The first kappa shape index (κ1) is 19.5. The molecule has 3 rings (SSSR count). The fourth-order valence-electron chi connectivity index (χ4n) is 2.92. The van der Waals surface area contributed by atoms with Crippen molar-refractivity contribution in [3.8, 4) is 0 Å². The molecule has 0 bridgehead atoms. The molecule has 0 saturated carbocycles. The quantitative estimate of drug-likeness (QED) is 0.632. The lowest BCUT2D eigenvalue weighted by molar-refractivity contribution is -0.113. The summed E-state index contributed by atoms with van der Waals surface area (Å²) in [5, 5.41) is 9.40. The van der Waals surface area contributed by atoms with Crippen LogP contribution in [0.25, 0.3) is 0 Å². The van der Waals surface area contributed by atoms with E-state index < -0.39 is 18.0 Å². The van der Waals surface area contributed by atoms with Crippen molar-refractivity contribution in [2.75, 3.05) is 5.32 Å². The molecule has 1 aliphatic heterocycles. The van der Waals surface area contributed by atoms with Gasteiger partial charge in [-0.2, -0.15) is 0 Å². The highest BCUT2D eigenvalue weighted by Crippen LogP contribution is 2.37. The number of carbonyl (C=O) groups excluding carboxylic acids is 2. The second-order valence-electron chi connectivity index (χ2n) is 6.12. The van der Waals surface area contributed by atoms with Crippen LogP contribution in [-0.4, -0.2) is 11.9 Å². The summed E-state index contributed by atoms with van der Waals surface area (Å²) in [4.78, 5) is 25.1. The maximum atomic E-state index is 13.1. The van der Waals surface area contributed by atoms with Gasteiger partial charge in [-0.1, -0.05) is 46.9 Å². The summed E-state index contributed by atoms with van der Waals surface area (Å²) in [6.45, 7) is 3.51. The van der Waals surface area contributed by atoms with E-state index in [0.717, 1.165) is 5.56 Å². The van der Waals surface area contributed by atoms with E-state index in [2.05, 4.69) is 16.0 Å². The van der Waals surface area contributed by atoms with E-state index in [1.54, 1.807) is 37.3 Å². The second-order valence-corrected chi connectivity index (χ2v) is 7.37. The average molecular weight is 425 g/mol. The number of hydrogen-bond acceptors (Lipinski definition) is 2. The Kier molecular flexibility index (Phi) is 5.65. The number of urea groups is 1. The van der Waals surface area contributed by atoms with Gasteiger partial charge in [0.1, 0.15) is 0 Å². The number of nitrogens with one attached hydrogen (secondary N) is 3. The molecule has 0 spiro atoms. The number of aryl methyl sites for hydroxylation is 1. The summed E-state index contributed by atoms with van der Waals surface area (Å²) < 4.78 is 0. The van der Waals surface area contributed by atoms with Crippen LogP contribution >= 0.6 is 34.8 Å². The Morgan fingerprint density at radius 1 is 1.07 bits per heavy atom. The molecule has 1 heterocycles. The van der Waals surface area contributed by atoms with Crippen molar-refractivity contribution < 1.29 is 9.59 Å². The minimum absolute atomic E-state index is 0.309. The van der Waals surface area contributed by atoms with Crippen molar-refractivity contribution in [2.45, 2.75) is 19.9 Å². The highest BCUT2D eigenvalue weighted by atomic mass is 35.5. The van der Waals surface area contributed by atoms with Gasteiger partial charge in [-0.25, -0.2) is 4.79 Å². The molecular weight excluding hydrogens is 409 g/mol. The van der Waals surface area contributed by atoms with Crippen LogP contribution in [0.3, 0.4) is 0 Å². The number of carbonyl (C=O) groups is 2. The zero-order valence-electron chi connectivity index (χ0n) is 14.5. The molecule has 1 unspecified atom stereocenters. The Bertz CT molecular complexity index is 952. The molecule has 0 saturated heterocycles. The third kappa shape index (κ3) is 4.05. The molecule has 0 aromatic heterocycles. The molecule has 2 aromatic carbocycles. The maximum Gasteiger partial charge on any atom is 0.319 e. The van der Waals surface area contributed by atoms with E-state index in [9.17, 15) is 9.59 Å². The van der Waals surface area contributed by atoms with E-state index in [1.807, 2.05) is 13.0 Å². The summed E-state index contributed by atoms with van der Waals surface area (Å²) in [5.74, 6) is -0.397. The predicted molar refractivity (Wildman–Crippen MR) is 108 cm³/mol. The zero-order valence-corrected chi connectivity index (χ0v) is 16.8. The molecule has 3 N–H and O–H groups in total. The SMILES string of the molecule is CC1=C(C(=O)Nc2cc(Cl)ccc2C)C(c2c(Cl)cccc2Cl)NC(=O)N1. The highest BCUT2D eigenvalue weighted by molar-refractivity contribution is 6.36. The predicted octanol–water partition coefficient (Wildman–Crippen LogP) is 5.22. The molecule has 140 valence electrons. The molecule has 0 radical (unpaired) electrons. The van der Waals surface area contributed by atoms with Crippen LogP contribution in [0.2, 0.25) is 15.1 Å². The highest BCUT2D eigenvalue weighted by Gasteiger charge is 2.33. The third-order valence-corrected chi connectivity index (χ3v) is 5.14. The minimum Gasteiger partial charge on any atom is -0.327 e. The van der Waals surface area contributed by atoms with E-state index in [0.29, 0.717) is 37.6 Å². The smallest absolute Gasteiger partial charge is 0.319 e. The molecule has 3 amide bonds. The number of benzene rings is 2. The summed E-state index contributed by atoms with van der Waals surface area (Å²) in [7, 11) is 0. The van der Waals surface area contributed by atoms with Gasteiger partial charge in [0.2, 0.25) is 0 Å². The maximum absolute atomic E-state index is 13.1. The molecule has 5 nitrogen and oxygen atoms in total. The molecule has 27 heavy (non-hydrogen) atoms. The zero-order chi connectivity index (χ0) is 19.7. The Labute approximate surface area is 171 Å². The van der Waals surface area contributed by atoms with Crippen molar-refractivity contribution in [3.63, 3.8) is 0 Å². The Morgan fingerprint density at radius 2 is 1.74 bits per heavy atom. The van der Waals surface area contributed by atoms with Crippen molar-refractivity contribution in [3.05, 3.63) is 73.9 Å². The molecule has 1 aliphatic rings. The van der Waals surface area contributed by atoms with Crippen molar-refractivity contribution >= 4 is 52.4 Å². The van der Waals surface area contributed by atoms with Gasteiger partial charge in [0.05, 0.1) is 11.6 Å². The fraction of sp³-hybridized carbons (Fsp3) is 0.158. The normalized spacial score (nSPS) is 16.6. The van der Waals surface area contributed by atoms with E-state index in [-0.39, 0.29) is 0 Å². The third-order valence-electron chi connectivity index (χ3n) is 4.25. The summed E-state index contributed by atoms with van der Waals surface area (Å²) in [6.07, 6.45) is 0. The van der Waals surface area contributed by atoms with Crippen molar-refractivity contribution in [2.24, 2.45) is 0 Å². The lowest BCUT2D eigenvalue weighted by Crippen LogP contribution is -2.46. The standard InChI is InChI=1S/C19H16Cl3N3O2/c1-9-6-7-11(20)8-14(9)24-18(26)15-10(2)23-19(27)25-17(15)16-12(21)4-3-5-13(16)22/h3-8,17H,1-2H3,(H,24,26)(H2,23,25,27). The van der Waals surface area contributed by atoms with Gasteiger partial charge in [0, 0.05) is 32.0 Å². The number of amides is 3. The molecule has 2 aromatic rings. The molecule has 1 atom stereocenters. The summed E-state index contributed by atoms with van der Waals surface area (Å²) >= 11 is 18.6. The van der Waals surface area contributed by atoms with E-state index >= 15 is 0 Å². The van der Waals surface area contributed by atoms with Crippen LogP contribution in [0.4, 0.5) is 10.5 Å². The van der Waals surface area contributed by atoms with Gasteiger partial charge in [-0.15, -0.1) is 0 Å². The first-order chi connectivity index (χ1) is 12.8. The summed E-state index contributed by atoms with van der Waals surface area (Å²) in [5.41, 5.74) is 2.61. The van der Waals surface area contributed by atoms with E-state index in [1.165, 1.54) is 0 Å². The lowest BCUT2D eigenvalue weighted by atomic mass is 9.94. The van der Waals surface area contributed by atoms with Gasteiger partial charge in [-0.05, 0) is 43.7 Å². The first-order valence-electron chi connectivity index (χ1n) is 8.07. The molecule has 0 aliphatic carbocycles. The van der Waals surface area contributed by atoms with Gasteiger partial charge in [-0.3, -0.25) is 4.79 Å².